The van der Waals surface area contributed by atoms with E-state index < -0.39 is 11.4 Å². The van der Waals surface area contributed by atoms with Crippen molar-refractivity contribution in [3.8, 4) is 0 Å². The molecule has 0 amide bonds. The monoisotopic (exact) mass is 311 g/mol. The highest BCUT2D eigenvalue weighted by molar-refractivity contribution is 7.10. The van der Waals surface area contributed by atoms with E-state index in [0.717, 1.165) is 22.4 Å². The second kappa shape index (κ2) is 5.54. The Bertz CT molecular complexity index is 773. The van der Waals surface area contributed by atoms with Crippen molar-refractivity contribution >= 4 is 22.9 Å². The van der Waals surface area contributed by atoms with Crippen LogP contribution in [0.2, 0.25) is 0 Å². The van der Waals surface area contributed by atoms with Gasteiger partial charge < -0.3 is 5.11 Å². The number of rotatable bonds is 3. The molecule has 0 spiro atoms. The third kappa shape index (κ3) is 2.40. The molecule has 3 rings (SSSR count). The van der Waals surface area contributed by atoms with Crippen LogP contribution in [0.25, 0.3) is 5.57 Å². The summed E-state index contributed by atoms with van der Waals surface area (Å²) in [6.07, 6.45) is 4.18. The third-order valence-electron chi connectivity index (χ3n) is 4.01. The number of carboxylic acids is 1. The van der Waals surface area contributed by atoms with Gasteiger partial charge in [0.05, 0.1) is 0 Å². The zero-order chi connectivity index (χ0) is 15.7. The Morgan fingerprint density at radius 1 is 1.27 bits per heavy atom. The van der Waals surface area contributed by atoms with Gasteiger partial charge in [0.1, 0.15) is 10.4 Å². The summed E-state index contributed by atoms with van der Waals surface area (Å²) in [6, 6.07) is 10.1. The molecule has 0 fully saturated rings. The van der Waals surface area contributed by atoms with Crippen molar-refractivity contribution < 1.29 is 9.90 Å². The molecule has 1 aromatic carbocycles. The van der Waals surface area contributed by atoms with Crippen molar-refractivity contribution in [1.29, 1.82) is 0 Å². The lowest BCUT2D eigenvalue weighted by Crippen LogP contribution is -2.35. The van der Waals surface area contributed by atoms with Crippen LogP contribution in [0.15, 0.2) is 53.4 Å². The van der Waals surface area contributed by atoms with Gasteiger partial charge in [-0.15, -0.1) is 11.3 Å². The number of allylic oxidation sites excluding steroid dienone is 3. The molecule has 1 unspecified atom stereocenters. The Morgan fingerprint density at radius 2 is 2.00 bits per heavy atom. The SMILES string of the molecule is CC1=C(c2ccccc2)C=CC(C(=O)O)(c2nc(C)cs2)C1. The summed E-state index contributed by atoms with van der Waals surface area (Å²) < 4.78 is 0. The summed E-state index contributed by atoms with van der Waals surface area (Å²) in [7, 11) is 0. The van der Waals surface area contributed by atoms with Gasteiger partial charge in [0, 0.05) is 11.1 Å². The van der Waals surface area contributed by atoms with Gasteiger partial charge in [-0.3, -0.25) is 4.79 Å². The average molecular weight is 311 g/mol. The van der Waals surface area contributed by atoms with Crippen molar-refractivity contribution in [2.75, 3.05) is 0 Å². The highest BCUT2D eigenvalue weighted by Crippen LogP contribution is 2.41. The van der Waals surface area contributed by atoms with Crippen LogP contribution in [0.4, 0.5) is 0 Å². The van der Waals surface area contributed by atoms with Crippen LogP contribution >= 0.6 is 11.3 Å². The minimum absolute atomic E-state index is 0.454. The molecule has 112 valence electrons. The molecule has 0 saturated carbocycles. The van der Waals surface area contributed by atoms with Crippen molar-refractivity contribution in [2.24, 2.45) is 0 Å². The quantitative estimate of drug-likeness (QED) is 0.924. The maximum absolute atomic E-state index is 12.0. The number of carboxylic acid groups (broad SMARTS) is 1. The molecule has 1 N–H and O–H groups in total. The molecule has 1 atom stereocenters. The number of aryl methyl sites for hydroxylation is 1. The normalized spacial score (nSPS) is 21.2. The summed E-state index contributed by atoms with van der Waals surface area (Å²) in [4.78, 5) is 16.4. The van der Waals surface area contributed by atoms with Crippen LogP contribution in [-0.4, -0.2) is 16.1 Å². The standard InChI is InChI=1S/C18H17NO2S/c1-12-10-18(17(20)21,16-19-13(2)11-22-16)9-8-15(12)14-6-4-3-5-7-14/h3-9,11H,10H2,1-2H3,(H,20,21). The lowest BCUT2D eigenvalue weighted by molar-refractivity contribution is -0.141. The topological polar surface area (TPSA) is 50.2 Å². The van der Waals surface area contributed by atoms with Crippen LogP contribution in [0.5, 0.6) is 0 Å². The summed E-state index contributed by atoms with van der Waals surface area (Å²) in [5.74, 6) is -0.843. The van der Waals surface area contributed by atoms with E-state index >= 15 is 0 Å². The third-order valence-corrected chi connectivity index (χ3v) is 5.14. The summed E-state index contributed by atoms with van der Waals surface area (Å²) >= 11 is 1.42. The Labute approximate surface area is 133 Å². The lowest BCUT2D eigenvalue weighted by Gasteiger charge is -2.29. The molecule has 0 saturated heterocycles. The van der Waals surface area contributed by atoms with Gasteiger partial charge in [-0.1, -0.05) is 48.1 Å². The molecule has 1 aliphatic carbocycles. The summed E-state index contributed by atoms with van der Waals surface area (Å²) in [5.41, 5.74) is 3.12. The molecular formula is C18H17NO2S. The fraction of sp³-hybridized carbons (Fsp3) is 0.222. The fourth-order valence-electron chi connectivity index (χ4n) is 2.84. The van der Waals surface area contributed by atoms with Gasteiger partial charge in [0.25, 0.3) is 0 Å². The van der Waals surface area contributed by atoms with Crippen molar-refractivity contribution in [2.45, 2.75) is 25.7 Å². The van der Waals surface area contributed by atoms with E-state index in [-0.39, 0.29) is 0 Å². The highest BCUT2D eigenvalue weighted by atomic mass is 32.1. The van der Waals surface area contributed by atoms with E-state index in [4.69, 9.17) is 0 Å². The number of hydrogen-bond acceptors (Lipinski definition) is 3. The van der Waals surface area contributed by atoms with Gasteiger partial charge in [0.15, 0.2) is 0 Å². The lowest BCUT2D eigenvalue weighted by atomic mass is 9.76. The molecule has 1 heterocycles. The van der Waals surface area contributed by atoms with E-state index in [1.807, 2.05) is 55.6 Å². The maximum atomic E-state index is 12.0. The smallest absolute Gasteiger partial charge is 0.320 e. The number of aromatic nitrogens is 1. The number of nitrogens with zero attached hydrogens (tertiary/aromatic N) is 1. The fourth-order valence-corrected chi connectivity index (χ4v) is 3.81. The van der Waals surface area contributed by atoms with E-state index in [9.17, 15) is 9.90 Å². The van der Waals surface area contributed by atoms with Crippen LogP contribution in [0, 0.1) is 6.92 Å². The molecule has 22 heavy (non-hydrogen) atoms. The predicted molar refractivity (Wildman–Crippen MR) is 89.0 cm³/mol. The Balaban J connectivity index is 2.04. The molecule has 4 heteroatoms. The molecule has 0 radical (unpaired) electrons. The van der Waals surface area contributed by atoms with Crippen molar-refractivity contribution in [3.63, 3.8) is 0 Å². The first-order valence-corrected chi connectivity index (χ1v) is 8.01. The van der Waals surface area contributed by atoms with Crippen LogP contribution < -0.4 is 0 Å². The summed E-state index contributed by atoms with van der Waals surface area (Å²) in [6.45, 7) is 3.89. The van der Waals surface area contributed by atoms with Gasteiger partial charge in [0.2, 0.25) is 0 Å². The van der Waals surface area contributed by atoms with Crippen molar-refractivity contribution in [3.05, 3.63) is 69.7 Å². The van der Waals surface area contributed by atoms with Gasteiger partial charge in [-0.2, -0.15) is 0 Å². The zero-order valence-electron chi connectivity index (χ0n) is 12.5. The second-order valence-corrected chi connectivity index (χ2v) is 6.50. The van der Waals surface area contributed by atoms with E-state index in [0.29, 0.717) is 11.4 Å². The molecule has 0 bridgehead atoms. The minimum Gasteiger partial charge on any atom is -0.480 e. The number of benzene rings is 1. The molecule has 3 nitrogen and oxygen atoms in total. The van der Waals surface area contributed by atoms with E-state index in [2.05, 4.69) is 4.98 Å². The van der Waals surface area contributed by atoms with Crippen LogP contribution in [0.1, 0.15) is 29.6 Å². The number of hydrogen-bond donors (Lipinski definition) is 1. The molecule has 2 aromatic rings. The largest absolute Gasteiger partial charge is 0.480 e. The molecule has 1 aliphatic rings. The molecular weight excluding hydrogens is 294 g/mol. The van der Waals surface area contributed by atoms with Crippen LogP contribution in [0.3, 0.4) is 0 Å². The minimum atomic E-state index is -1.04. The summed E-state index contributed by atoms with van der Waals surface area (Å²) in [5, 5.41) is 12.4. The molecule has 1 aromatic heterocycles. The van der Waals surface area contributed by atoms with Crippen molar-refractivity contribution in [1.82, 2.24) is 4.98 Å². The van der Waals surface area contributed by atoms with Gasteiger partial charge in [-0.25, -0.2) is 4.98 Å². The van der Waals surface area contributed by atoms with Crippen LogP contribution in [-0.2, 0) is 10.2 Å². The maximum Gasteiger partial charge on any atom is 0.320 e. The highest BCUT2D eigenvalue weighted by Gasteiger charge is 2.42. The average Bonchev–Trinajstić information content (AvgIpc) is 2.94. The number of thiazole rings is 1. The second-order valence-electron chi connectivity index (χ2n) is 5.64. The number of aliphatic carboxylic acids is 1. The number of carbonyl (C=O) groups is 1. The Morgan fingerprint density at radius 3 is 2.55 bits per heavy atom. The molecule has 0 aliphatic heterocycles. The zero-order valence-corrected chi connectivity index (χ0v) is 13.4. The van der Waals surface area contributed by atoms with Gasteiger partial charge in [-0.05, 0) is 31.4 Å². The Hall–Kier alpha value is -2.20. The first-order valence-electron chi connectivity index (χ1n) is 7.13. The first kappa shape index (κ1) is 14.7. The first-order chi connectivity index (χ1) is 10.5. The Kier molecular flexibility index (Phi) is 3.71. The van der Waals surface area contributed by atoms with E-state index in [1.54, 1.807) is 6.08 Å². The van der Waals surface area contributed by atoms with Gasteiger partial charge >= 0.3 is 5.97 Å². The van der Waals surface area contributed by atoms with E-state index in [1.165, 1.54) is 11.3 Å². The predicted octanol–water partition coefficient (Wildman–Crippen LogP) is 4.21.